The summed E-state index contributed by atoms with van der Waals surface area (Å²) in [5.41, 5.74) is 4.74. The third-order valence-corrected chi connectivity index (χ3v) is 4.69. The van der Waals surface area contributed by atoms with Gasteiger partial charge in [-0.1, -0.05) is 42.5 Å². The third kappa shape index (κ3) is 0.920. The largest absolute Gasteiger partial charge is 0.387 e. The summed E-state index contributed by atoms with van der Waals surface area (Å²) < 4.78 is 5.89. The molecule has 0 saturated carbocycles. The molecule has 3 aliphatic rings. The summed E-state index contributed by atoms with van der Waals surface area (Å²) in [7, 11) is 0. The van der Waals surface area contributed by atoms with Gasteiger partial charge in [0, 0.05) is 5.56 Å². The molecule has 1 heterocycles. The van der Waals surface area contributed by atoms with Crippen molar-refractivity contribution in [1.29, 1.82) is 0 Å². The molecule has 2 aromatic rings. The van der Waals surface area contributed by atoms with E-state index in [2.05, 4.69) is 18.2 Å². The highest BCUT2D eigenvalue weighted by molar-refractivity contribution is 5.84. The predicted molar refractivity (Wildman–Crippen MR) is 68.5 cm³/mol. The summed E-state index contributed by atoms with van der Waals surface area (Å²) in [6.07, 6.45) is -2.03. The van der Waals surface area contributed by atoms with Crippen molar-refractivity contribution in [1.82, 2.24) is 0 Å². The molecule has 0 radical (unpaired) electrons. The van der Waals surface area contributed by atoms with Crippen molar-refractivity contribution in [2.24, 2.45) is 0 Å². The lowest BCUT2D eigenvalue weighted by Crippen LogP contribution is -2.34. The fourth-order valence-corrected chi connectivity index (χ4v) is 3.88. The third-order valence-electron chi connectivity index (χ3n) is 4.69. The zero-order chi connectivity index (χ0) is 12.8. The molecule has 0 amide bonds. The first kappa shape index (κ1) is 10.1. The molecule has 1 aliphatic heterocycles. The SMILES string of the molecule is OC1c2cccc3c2[C@]2(O[C@H]2C1O)c1ccccc1-3. The van der Waals surface area contributed by atoms with E-state index in [4.69, 9.17) is 4.74 Å². The van der Waals surface area contributed by atoms with Crippen LogP contribution in [0.25, 0.3) is 11.1 Å². The Balaban J connectivity index is 1.94. The molecule has 2 aliphatic carbocycles. The average molecular weight is 252 g/mol. The summed E-state index contributed by atoms with van der Waals surface area (Å²) in [6.45, 7) is 0. The standard InChI is InChI=1S/C16H12O3/c17-13-10-6-3-5-9-8-4-1-2-7-11(8)16(12(9)10)15(19-16)14(13)18/h1-7,13-15,17-18H/t13?,14?,15-,16+/m0/s1. The van der Waals surface area contributed by atoms with Gasteiger partial charge in [0.25, 0.3) is 0 Å². The Morgan fingerprint density at radius 3 is 2.63 bits per heavy atom. The lowest BCUT2D eigenvalue weighted by Gasteiger charge is -2.26. The van der Waals surface area contributed by atoms with E-state index in [9.17, 15) is 10.2 Å². The minimum absolute atomic E-state index is 0.320. The van der Waals surface area contributed by atoms with Gasteiger partial charge in [0.1, 0.15) is 23.9 Å². The minimum Gasteiger partial charge on any atom is -0.387 e. The van der Waals surface area contributed by atoms with Crippen molar-refractivity contribution >= 4 is 0 Å². The van der Waals surface area contributed by atoms with E-state index in [1.165, 1.54) is 0 Å². The van der Waals surface area contributed by atoms with Gasteiger partial charge < -0.3 is 14.9 Å². The van der Waals surface area contributed by atoms with E-state index in [1.807, 2.05) is 24.3 Å². The van der Waals surface area contributed by atoms with Crippen LogP contribution in [0.15, 0.2) is 42.5 Å². The highest BCUT2D eigenvalue weighted by Crippen LogP contribution is 2.66. The number of benzene rings is 2. The Hall–Kier alpha value is -1.68. The molecule has 94 valence electrons. The minimum atomic E-state index is -0.857. The van der Waals surface area contributed by atoms with Gasteiger partial charge in [-0.25, -0.2) is 0 Å². The van der Waals surface area contributed by atoms with E-state index >= 15 is 0 Å². The molecule has 2 unspecified atom stereocenters. The predicted octanol–water partition coefficient (Wildman–Crippen LogP) is 1.72. The van der Waals surface area contributed by atoms with Crippen molar-refractivity contribution < 1.29 is 14.9 Å². The number of fused-ring (bicyclic) bond motifs is 2. The number of rotatable bonds is 0. The highest BCUT2D eigenvalue weighted by atomic mass is 16.6. The van der Waals surface area contributed by atoms with Crippen molar-refractivity contribution in [3.63, 3.8) is 0 Å². The molecule has 4 atom stereocenters. The van der Waals surface area contributed by atoms with Gasteiger partial charge >= 0.3 is 0 Å². The van der Waals surface area contributed by atoms with Crippen LogP contribution in [-0.4, -0.2) is 22.4 Å². The van der Waals surface area contributed by atoms with E-state index in [0.29, 0.717) is 0 Å². The summed E-state index contributed by atoms with van der Waals surface area (Å²) in [5, 5.41) is 20.4. The van der Waals surface area contributed by atoms with E-state index in [0.717, 1.165) is 27.8 Å². The highest BCUT2D eigenvalue weighted by Gasteiger charge is 2.70. The Kier molecular flexibility index (Phi) is 1.55. The van der Waals surface area contributed by atoms with Crippen LogP contribution in [0.4, 0.5) is 0 Å². The number of ether oxygens (including phenoxy) is 1. The first-order chi connectivity index (χ1) is 9.25. The van der Waals surface area contributed by atoms with Crippen LogP contribution < -0.4 is 0 Å². The van der Waals surface area contributed by atoms with Crippen molar-refractivity contribution in [3.05, 3.63) is 59.2 Å². The van der Waals surface area contributed by atoms with Gasteiger partial charge in [0.05, 0.1) is 0 Å². The number of aliphatic hydroxyl groups excluding tert-OH is 2. The molecule has 1 saturated heterocycles. The van der Waals surface area contributed by atoms with Crippen LogP contribution in [0.3, 0.4) is 0 Å². The second kappa shape index (κ2) is 2.90. The number of epoxide rings is 1. The summed E-state index contributed by atoms with van der Waals surface area (Å²) in [4.78, 5) is 0. The maximum absolute atomic E-state index is 10.2. The first-order valence-corrected chi connectivity index (χ1v) is 6.52. The molecule has 19 heavy (non-hydrogen) atoms. The van der Waals surface area contributed by atoms with Crippen molar-refractivity contribution in [3.8, 4) is 11.1 Å². The Labute approximate surface area is 110 Å². The van der Waals surface area contributed by atoms with Crippen molar-refractivity contribution in [2.75, 3.05) is 0 Å². The molecule has 3 nitrogen and oxygen atoms in total. The van der Waals surface area contributed by atoms with Gasteiger partial charge in [-0.3, -0.25) is 0 Å². The molecular weight excluding hydrogens is 240 g/mol. The van der Waals surface area contributed by atoms with E-state index < -0.39 is 17.8 Å². The lowest BCUT2D eigenvalue weighted by molar-refractivity contribution is -0.000531. The maximum Gasteiger partial charge on any atom is 0.149 e. The smallest absolute Gasteiger partial charge is 0.149 e. The van der Waals surface area contributed by atoms with Crippen LogP contribution in [0, 0.1) is 0 Å². The van der Waals surface area contributed by atoms with Gasteiger partial charge in [0.15, 0.2) is 0 Å². The van der Waals surface area contributed by atoms with E-state index in [-0.39, 0.29) is 6.10 Å². The number of aliphatic hydroxyl groups is 2. The Morgan fingerprint density at radius 1 is 0.947 bits per heavy atom. The normalized spacial score (nSPS) is 36.4. The first-order valence-electron chi connectivity index (χ1n) is 6.52. The molecule has 2 aromatic carbocycles. The van der Waals surface area contributed by atoms with Gasteiger partial charge in [-0.15, -0.1) is 0 Å². The van der Waals surface area contributed by atoms with Gasteiger partial charge in [-0.2, -0.15) is 0 Å². The molecular formula is C16H12O3. The lowest BCUT2D eigenvalue weighted by atomic mass is 9.79. The zero-order valence-corrected chi connectivity index (χ0v) is 10.1. The summed E-state index contributed by atoms with van der Waals surface area (Å²) >= 11 is 0. The number of hydrogen-bond donors (Lipinski definition) is 2. The zero-order valence-electron chi connectivity index (χ0n) is 10.1. The Bertz CT molecular complexity index is 724. The van der Waals surface area contributed by atoms with Crippen LogP contribution in [0.5, 0.6) is 0 Å². The molecule has 0 bridgehead atoms. The van der Waals surface area contributed by atoms with Crippen LogP contribution in [-0.2, 0) is 10.3 Å². The van der Waals surface area contributed by atoms with Crippen LogP contribution in [0.2, 0.25) is 0 Å². The molecule has 5 rings (SSSR count). The second-order valence-electron chi connectivity index (χ2n) is 5.52. The molecule has 0 aromatic heterocycles. The van der Waals surface area contributed by atoms with Gasteiger partial charge in [-0.05, 0) is 22.3 Å². The van der Waals surface area contributed by atoms with Crippen molar-refractivity contribution in [2.45, 2.75) is 23.9 Å². The van der Waals surface area contributed by atoms with Crippen LogP contribution in [0.1, 0.15) is 22.8 Å². The molecule has 3 heteroatoms. The molecule has 1 spiro atoms. The quantitative estimate of drug-likeness (QED) is 0.702. The van der Waals surface area contributed by atoms with Crippen LogP contribution >= 0.6 is 0 Å². The topological polar surface area (TPSA) is 53.0 Å². The second-order valence-corrected chi connectivity index (χ2v) is 5.52. The van der Waals surface area contributed by atoms with Gasteiger partial charge in [0.2, 0.25) is 0 Å². The summed E-state index contributed by atoms with van der Waals surface area (Å²) in [6, 6.07) is 14.0. The van der Waals surface area contributed by atoms with E-state index in [1.54, 1.807) is 0 Å². The fourth-order valence-electron chi connectivity index (χ4n) is 3.88. The maximum atomic E-state index is 10.2. The number of hydrogen-bond acceptors (Lipinski definition) is 3. The summed E-state index contributed by atoms with van der Waals surface area (Å²) in [5.74, 6) is 0. The average Bonchev–Trinajstić information content (AvgIpc) is 3.14. The molecule has 2 N–H and O–H groups in total. The fraction of sp³-hybridized carbons (Fsp3) is 0.250. The monoisotopic (exact) mass is 252 g/mol. The molecule has 1 fully saturated rings. The Morgan fingerprint density at radius 2 is 1.74 bits per heavy atom.